The molecule has 0 fully saturated rings. The maximum Gasteiger partial charge on any atom is 0.256 e. The molecule has 0 radical (unpaired) electrons. The fraction of sp³-hybridized carbons (Fsp3) is 0.138. The number of rotatable bonds is 6. The Morgan fingerprint density at radius 3 is 1.78 bits per heavy atom. The van der Waals surface area contributed by atoms with Crippen LogP contribution >= 0.6 is 0 Å². The van der Waals surface area contributed by atoms with E-state index in [9.17, 15) is 9.90 Å². The highest BCUT2D eigenvalue weighted by molar-refractivity contribution is 5.99. The minimum Gasteiger partial charge on any atom is -0.366 e. The van der Waals surface area contributed by atoms with Crippen molar-refractivity contribution in [2.24, 2.45) is 0 Å². The van der Waals surface area contributed by atoms with E-state index in [-0.39, 0.29) is 11.8 Å². The van der Waals surface area contributed by atoms with E-state index in [1.54, 1.807) is 4.90 Å². The molecule has 1 atom stereocenters. The van der Waals surface area contributed by atoms with Gasteiger partial charge in [0.15, 0.2) is 5.72 Å². The van der Waals surface area contributed by atoms with Gasteiger partial charge in [-0.25, -0.2) is 0 Å². The predicted octanol–water partition coefficient (Wildman–Crippen LogP) is 5.36. The molecule has 0 saturated carbocycles. The van der Waals surface area contributed by atoms with E-state index < -0.39 is 5.72 Å². The van der Waals surface area contributed by atoms with Gasteiger partial charge in [0, 0.05) is 30.0 Å². The Kier molecular flexibility index (Phi) is 5.34. The van der Waals surface area contributed by atoms with Crippen LogP contribution < -0.4 is 0 Å². The first-order valence-electron chi connectivity index (χ1n) is 10.9. The minimum atomic E-state index is -1.41. The van der Waals surface area contributed by atoms with Crippen molar-refractivity contribution in [3.05, 3.63) is 143 Å². The second-order valence-corrected chi connectivity index (χ2v) is 8.31. The first kappa shape index (κ1) is 20.2. The van der Waals surface area contributed by atoms with Gasteiger partial charge in [0.05, 0.1) is 0 Å². The number of carbonyl (C=O) groups excluding carboxylic acids is 1. The van der Waals surface area contributed by atoms with Gasteiger partial charge in [0.1, 0.15) is 0 Å². The van der Waals surface area contributed by atoms with Crippen LogP contribution in [0.4, 0.5) is 0 Å². The van der Waals surface area contributed by atoms with E-state index in [1.807, 2.05) is 91.0 Å². The average Bonchev–Trinajstić information content (AvgIpc) is 3.05. The number of carbonyl (C=O) groups is 1. The number of hydrogen-bond donors (Lipinski definition) is 1. The molecule has 0 aromatic heterocycles. The Morgan fingerprint density at radius 1 is 0.688 bits per heavy atom. The van der Waals surface area contributed by atoms with Crippen molar-refractivity contribution in [3.63, 3.8) is 0 Å². The molecule has 158 valence electrons. The molecule has 1 amide bonds. The summed E-state index contributed by atoms with van der Waals surface area (Å²) in [6.45, 7) is 0.380. The van der Waals surface area contributed by atoms with Crippen LogP contribution in [0.1, 0.15) is 38.5 Å². The molecular formula is C29H25NO2. The SMILES string of the molecule is O=C1c2ccccc2[C@@](O)(Cc2ccccc2)N1CC(c1ccccc1)c1ccccc1. The quantitative estimate of drug-likeness (QED) is 0.457. The smallest absolute Gasteiger partial charge is 0.256 e. The molecule has 0 saturated heterocycles. The van der Waals surface area contributed by atoms with Gasteiger partial charge >= 0.3 is 0 Å². The Balaban J connectivity index is 1.59. The number of aliphatic hydroxyl groups is 1. The molecule has 1 N–H and O–H groups in total. The molecular weight excluding hydrogens is 394 g/mol. The van der Waals surface area contributed by atoms with Gasteiger partial charge in [-0.1, -0.05) is 109 Å². The lowest BCUT2D eigenvalue weighted by Gasteiger charge is -2.37. The summed E-state index contributed by atoms with van der Waals surface area (Å²) < 4.78 is 0. The number of fused-ring (bicyclic) bond motifs is 1. The lowest BCUT2D eigenvalue weighted by Crippen LogP contribution is -2.47. The van der Waals surface area contributed by atoms with Gasteiger partial charge in [-0.15, -0.1) is 0 Å². The maximum absolute atomic E-state index is 13.6. The first-order valence-corrected chi connectivity index (χ1v) is 10.9. The highest BCUT2D eigenvalue weighted by atomic mass is 16.3. The summed E-state index contributed by atoms with van der Waals surface area (Å²) in [6, 6.07) is 37.7. The number of hydrogen-bond acceptors (Lipinski definition) is 2. The highest BCUT2D eigenvalue weighted by Gasteiger charge is 2.49. The van der Waals surface area contributed by atoms with Crippen LogP contribution in [0, 0.1) is 0 Å². The zero-order valence-corrected chi connectivity index (χ0v) is 17.8. The van der Waals surface area contributed by atoms with E-state index in [0.717, 1.165) is 16.7 Å². The monoisotopic (exact) mass is 419 g/mol. The van der Waals surface area contributed by atoms with E-state index >= 15 is 0 Å². The lowest BCUT2D eigenvalue weighted by molar-refractivity contribution is -0.0847. The molecule has 1 heterocycles. The summed E-state index contributed by atoms with van der Waals surface area (Å²) >= 11 is 0. The van der Waals surface area contributed by atoms with Crippen molar-refractivity contribution in [1.29, 1.82) is 0 Å². The summed E-state index contributed by atoms with van der Waals surface area (Å²) in [5.74, 6) is -0.186. The molecule has 0 aliphatic carbocycles. The first-order chi connectivity index (χ1) is 15.7. The summed E-state index contributed by atoms with van der Waals surface area (Å²) in [4.78, 5) is 15.2. The average molecular weight is 420 g/mol. The molecule has 1 aliphatic heterocycles. The third-order valence-corrected chi connectivity index (χ3v) is 6.34. The van der Waals surface area contributed by atoms with Crippen molar-refractivity contribution in [2.75, 3.05) is 6.54 Å². The summed E-state index contributed by atoms with van der Waals surface area (Å²) in [5, 5.41) is 12.1. The van der Waals surface area contributed by atoms with Crippen molar-refractivity contribution in [2.45, 2.75) is 18.1 Å². The highest BCUT2D eigenvalue weighted by Crippen LogP contribution is 2.41. The number of amides is 1. The Morgan fingerprint density at radius 2 is 1.19 bits per heavy atom. The van der Waals surface area contributed by atoms with E-state index in [4.69, 9.17) is 0 Å². The predicted molar refractivity (Wildman–Crippen MR) is 126 cm³/mol. The number of nitrogens with zero attached hydrogens (tertiary/aromatic N) is 1. The van der Waals surface area contributed by atoms with E-state index in [1.165, 1.54) is 0 Å². The van der Waals surface area contributed by atoms with Gasteiger partial charge in [0.25, 0.3) is 5.91 Å². The third-order valence-electron chi connectivity index (χ3n) is 6.34. The standard InChI is InChI=1S/C29H25NO2/c31-28-25-18-10-11-19-27(25)29(32,20-22-12-4-1-5-13-22)30(28)21-26(23-14-6-2-7-15-23)24-16-8-3-9-17-24/h1-19,26,32H,20-21H2/t29-/m0/s1. The van der Waals surface area contributed by atoms with Crippen LogP contribution in [-0.2, 0) is 12.1 Å². The maximum atomic E-state index is 13.6. The topological polar surface area (TPSA) is 40.5 Å². The molecule has 1 aliphatic rings. The molecule has 5 rings (SSSR count). The van der Waals surface area contributed by atoms with Crippen LogP contribution in [-0.4, -0.2) is 22.5 Å². The van der Waals surface area contributed by atoms with Gasteiger partial charge in [0.2, 0.25) is 0 Å². The van der Waals surface area contributed by atoms with Crippen LogP contribution in [0.5, 0.6) is 0 Å². The normalized spacial score (nSPS) is 17.6. The molecule has 4 aromatic carbocycles. The van der Waals surface area contributed by atoms with E-state index in [2.05, 4.69) is 24.3 Å². The fourth-order valence-electron chi connectivity index (χ4n) is 4.74. The molecule has 32 heavy (non-hydrogen) atoms. The van der Waals surface area contributed by atoms with E-state index in [0.29, 0.717) is 24.1 Å². The second-order valence-electron chi connectivity index (χ2n) is 8.31. The Bertz CT molecular complexity index is 1170. The molecule has 0 bridgehead atoms. The van der Waals surface area contributed by atoms with Crippen molar-refractivity contribution in [1.82, 2.24) is 4.90 Å². The zero-order valence-electron chi connectivity index (χ0n) is 17.8. The largest absolute Gasteiger partial charge is 0.366 e. The molecule has 0 spiro atoms. The van der Waals surface area contributed by atoms with Gasteiger partial charge in [-0.05, 0) is 22.8 Å². The summed E-state index contributed by atoms with van der Waals surface area (Å²) in [7, 11) is 0. The lowest BCUT2D eigenvalue weighted by atomic mass is 9.89. The summed E-state index contributed by atoms with van der Waals surface area (Å²) in [6.07, 6.45) is 0.340. The van der Waals surface area contributed by atoms with Crippen LogP contribution in [0.15, 0.2) is 115 Å². The van der Waals surface area contributed by atoms with Crippen molar-refractivity contribution >= 4 is 5.91 Å². The Labute approximate surface area is 188 Å². The second kappa shape index (κ2) is 8.45. The molecule has 0 unspecified atom stereocenters. The number of benzene rings is 4. The van der Waals surface area contributed by atoms with Crippen LogP contribution in [0.3, 0.4) is 0 Å². The molecule has 3 nitrogen and oxygen atoms in total. The zero-order chi connectivity index (χ0) is 22.0. The molecule has 4 aromatic rings. The summed E-state index contributed by atoms with van der Waals surface area (Å²) in [5.41, 5.74) is 3.06. The van der Waals surface area contributed by atoms with Crippen molar-refractivity contribution < 1.29 is 9.90 Å². The van der Waals surface area contributed by atoms with Gasteiger partial charge in [-0.3, -0.25) is 4.79 Å². The van der Waals surface area contributed by atoms with Gasteiger partial charge < -0.3 is 10.0 Å². The van der Waals surface area contributed by atoms with Crippen LogP contribution in [0.2, 0.25) is 0 Å². The fourth-order valence-corrected chi connectivity index (χ4v) is 4.74. The van der Waals surface area contributed by atoms with Gasteiger partial charge in [-0.2, -0.15) is 0 Å². The van der Waals surface area contributed by atoms with Crippen molar-refractivity contribution in [3.8, 4) is 0 Å². The van der Waals surface area contributed by atoms with Crippen LogP contribution in [0.25, 0.3) is 0 Å². The third kappa shape index (κ3) is 3.61. The molecule has 3 heteroatoms. The Hall–Kier alpha value is -3.69. The minimum absolute atomic E-state index is 0.0574.